The van der Waals surface area contributed by atoms with Crippen LogP contribution in [0.5, 0.6) is 0 Å². The Kier molecular flexibility index (Phi) is 6.03. The average Bonchev–Trinajstić information content (AvgIpc) is 3.50. The van der Waals surface area contributed by atoms with Crippen LogP contribution >= 0.6 is 0 Å². The fourth-order valence-electron chi connectivity index (χ4n) is 3.29. The number of aromatic nitrogens is 4. The highest BCUT2D eigenvalue weighted by atomic mass is 16.3. The van der Waals surface area contributed by atoms with Crippen LogP contribution in [0.2, 0.25) is 0 Å². The van der Waals surface area contributed by atoms with Crippen molar-refractivity contribution in [3.8, 4) is 11.4 Å². The highest BCUT2D eigenvalue weighted by Crippen LogP contribution is 2.28. The zero-order chi connectivity index (χ0) is 21.6. The molecule has 4 aromatic rings. The number of hydrogen-bond acceptors (Lipinski definition) is 5. The Morgan fingerprint density at radius 1 is 1.10 bits per heavy atom. The molecule has 1 amide bonds. The summed E-state index contributed by atoms with van der Waals surface area (Å²) in [5.41, 5.74) is 2.89. The lowest BCUT2D eigenvalue weighted by Crippen LogP contribution is -2.20. The Bertz CT molecular complexity index is 1180. The SMILES string of the molecule is CC[C@H](C)c1ccccc1NC(=O)/C(=C/c1ccco1)n1nnnc1-c1ccccc1. The van der Waals surface area contributed by atoms with Crippen molar-refractivity contribution in [2.75, 3.05) is 5.32 Å². The van der Waals surface area contributed by atoms with Gasteiger partial charge in [0.15, 0.2) is 5.82 Å². The van der Waals surface area contributed by atoms with E-state index in [1.807, 2.05) is 54.6 Å². The molecule has 0 saturated heterocycles. The maximum atomic E-state index is 13.4. The summed E-state index contributed by atoms with van der Waals surface area (Å²) in [5, 5.41) is 15.1. The molecule has 31 heavy (non-hydrogen) atoms. The van der Waals surface area contributed by atoms with E-state index in [-0.39, 0.29) is 11.6 Å². The van der Waals surface area contributed by atoms with Gasteiger partial charge in [0, 0.05) is 17.3 Å². The minimum absolute atomic E-state index is 0.248. The molecule has 2 heterocycles. The molecule has 1 atom stereocenters. The second kappa shape index (κ2) is 9.21. The summed E-state index contributed by atoms with van der Waals surface area (Å²) in [6.07, 6.45) is 4.15. The molecule has 0 aliphatic rings. The van der Waals surface area contributed by atoms with Crippen molar-refractivity contribution in [2.45, 2.75) is 26.2 Å². The summed E-state index contributed by atoms with van der Waals surface area (Å²) in [4.78, 5) is 13.4. The van der Waals surface area contributed by atoms with Crippen molar-refractivity contribution in [1.29, 1.82) is 0 Å². The molecule has 0 unspecified atom stereocenters. The van der Waals surface area contributed by atoms with Crippen molar-refractivity contribution < 1.29 is 9.21 Å². The molecule has 0 saturated carbocycles. The number of rotatable bonds is 7. The number of hydrogen-bond donors (Lipinski definition) is 1. The maximum absolute atomic E-state index is 13.4. The smallest absolute Gasteiger partial charge is 0.274 e. The van der Waals surface area contributed by atoms with Gasteiger partial charge in [-0.1, -0.05) is 62.4 Å². The molecule has 156 valence electrons. The molecular formula is C24H23N5O2. The van der Waals surface area contributed by atoms with Crippen molar-refractivity contribution in [2.24, 2.45) is 0 Å². The van der Waals surface area contributed by atoms with Gasteiger partial charge in [-0.15, -0.1) is 5.10 Å². The molecular weight excluding hydrogens is 390 g/mol. The van der Waals surface area contributed by atoms with Gasteiger partial charge in [0.1, 0.15) is 11.5 Å². The third-order valence-electron chi connectivity index (χ3n) is 5.14. The molecule has 0 spiro atoms. The number of amides is 1. The number of furan rings is 1. The number of carbonyl (C=O) groups excluding carboxylic acids is 1. The highest BCUT2D eigenvalue weighted by Gasteiger charge is 2.21. The fourth-order valence-corrected chi connectivity index (χ4v) is 3.29. The molecule has 0 radical (unpaired) electrons. The first-order valence-electron chi connectivity index (χ1n) is 10.2. The Hall–Kier alpha value is -4.00. The Labute approximate surface area is 180 Å². The lowest BCUT2D eigenvalue weighted by Gasteiger charge is -2.16. The van der Waals surface area contributed by atoms with Crippen molar-refractivity contribution in [3.05, 3.63) is 84.3 Å². The lowest BCUT2D eigenvalue weighted by atomic mass is 9.97. The quantitative estimate of drug-likeness (QED) is 0.427. The molecule has 4 rings (SSSR count). The van der Waals surface area contributed by atoms with Crippen LogP contribution in [0.25, 0.3) is 23.2 Å². The topological polar surface area (TPSA) is 85.8 Å². The number of nitrogens with zero attached hydrogens (tertiary/aromatic N) is 4. The summed E-state index contributed by atoms with van der Waals surface area (Å²) >= 11 is 0. The predicted molar refractivity (Wildman–Crippen MR) is 120 cm³/mol. The molecule has 7 nitrogen and oxygen atoms in total. The van der Waals surface area contributed by atoms with E-state index in [0.717, 1.165) is 23.2 Å². The number of para-hydroxylation sites is 1. The summed E-state index contributed by atoms with van der Waals surface area (Å²) < 4.78 is 6.88. The second-order valence-electron chi connectivity index (χ2n) is 7.18. The Morgan fingerprint density at radius 3 is 2.61 bits per heavy atom. The lowest BCUT2D eigenvalue weighted by molar-refractivity contribution is -0.111. The van der Waals surface area contributed by atoms with Crippen molar-refractivity contribution in [1.82, 2.24) is 20.2 Å². The van der Waals surface area contributed by atoms with Gasteiger partial charge in [0.2, 0.25) is 0 Å². The first-order chi connectivity index (χ1) is 15.2. The Morgan fingerprint density at radius 2 is 1.87 bits per heavy atom. The normalized spacial score (nSPS) is 12.5. The number of benzene rings is 2. The van der Waals surface area contributed by atoms with Gasteiger partial charge >= 0.3 is 0 Å². The molecule has 0 aliphatic carbocycles. The summed E-state index contributed by atoms with van der Waals surface area (Å²) in [6, 6.07) is 20.8. The zero-order valence-electron chi connectivity index (χ0n) is 17.4. The van der Waals surface area contributed by atoms with Crippen LogP contribution in [-0.2, 0) is 4.79 Å². The molecule has 0 bridgehead atoms. The van der Waals surface area contributed by atoms with Crippen molar-refractivity contribution in [3.63, 3.8) is 0 Å². The maximum Gasteiger partial charge on any atom is 0.274 e. The fraction of sp³-hybridized carbons (Fsp3) is 0.167. The molecule has 2 aromatic heterocycles. The minimum Gasteiger partial charge on any atom is -0.465 e. The summed E-state index contributed by atoms with van der Waals surface area (Å²) in [6.45, 7) is 4.26. The molecule has 0 aliphatic heterocycles. The standard InChI is InChI=1S/C24H23N5O2/c1-3-17(2)20-13-7-8-14-21(20)25-24(30)22(16-19-12-9-15-31-19)29-23(26-27-28-29)18-10-5-4-6-11-18/h4-17H,3H2,1-2H3,(H,25,30)/b22-16-/t17-/m0/s1. The third kappa shape index (κ3) is 4.45. The van der Waals surface area contributed by atoms with Gasteiger partial charge in [-0.2, -0.15) is 4.68 Å². The summed E-state index contributed by atoms with van der Waals surface area (Å²) in [7, 11) is 0. The average molecular weight is 413 g/mol. The molecule has 0 fully saturated rings. The van der Waals surface area contributed by atoms with E-state index in [9.17, 15) is 4.79 Å². The van der Waals surface area contributed by atoms with E-state index in [2.05, 4.69) is 34.7 Å². The second-order valence-corrected chi connectivity index (χ2v) is 7.18. The van der Waals surface area contributed by atoms with Crippen molar-refractivity contribution >= 4 is 23.4 Å². The Balaban J connectivity index is 1.75. The molecule has 1 N–H and O–H groups in total. The van der Waals surface area contributed by atoms with E-state index in [0.29, 0.717) is 17.5 Å². The molecule has 7 heteroatoms. The number of tetrazole rings is 1. The van der Waals surface area contributed by atoms with E-state index >= 15 is 0 Å². The van der Waals surface area contributed by atoms with Gasteiger partial charge in [-0.3, -0.25) is 4.79 Å². The van der Waals surface area contributed by atoms with E-state index in [4.69, 9.17) is 4.42 Å². The van der Waals surface area contributed by atoms with Crippen LogP contribution in [0.3, 0.4) is 0 Å². The molecule has 2 aromatic carbocycles. The first kappa shape index (κ1) is 20.3. The largest absolute Gasteiger partial charge is 0.465 e. The van der Waals surface area contributed by atoms with Gasteiger partial charge in [0.25, 0.3) is 5.91 Å². The predicted octanol–water partition coefficient (Wildman–Crippen LogP) is 5.08. The minimum atomic E-state index is -0.336. The first-order valence-corrected chi connectivity index (χ1v) is 10.2. The van der Waals surface area contributed by atoms with E-state index in [1.165, 1.54) is 4.68 Å². The van der Waals surface area contributed by atoms with Gasteiger partial charge < -0.3 is 9.73 Å². The van der Waals surface area contributed by atoms with Crippen LogP contribution in [0.15, 0.2) is 77.4 Å². The third-order valence-corrected chi connectivity index (χ3v) is 5.14. The van der Waals surface area contributed by atoms with Crippen LogP contribution in [0.4, 0.5) is 5.69 Å². The monoisotopic (exact) mass is 413 g/mol. The van der Waals surface area contributed by atoms with Crippen LogP contribution in [0, 0.1) is 0 Å². The van der Waals surface area contributed by atoms with Gasteiger partial charge in [0.05, 0.1) is 6.26 Å². The number of carbonyl (C=O) groups is 1. The van der Waals surface area contributed by atoms with Crippen LogP contribution in [0.1, 0.15) is 37.5 Å². The van der Waals surface area contributed by atoms with Gasteiger partial charge in [-0.05, 0) is 46.5 Å². The summed E-state index contributed by atoms with van der Waals surface area (Å²) in [5.74, 6) is 0.956. The zero-order valence-corrected chi connectivity index (χ0v) is 17.4. The van der Waals surface area contributed by atoms with E-state index < -0.39 is 0 Å². The van der Waals surface area contributed by atoms with E-state index in [1.54, 1.807) is 24.5 Å². The van der Waals surface area contributed by atoms with Crippen LogP contribution < -0.4 is 5.32 Å². The number of nitrogens with one attached hydrogen (secondary N) is 1. The van der Waals surface area contributed by atoms with Crippen LogP contribution in [-0.4, -0.2) is 26.1 Å². The number of anilines is 1. The highest BCUT2D eigenvalue weighted by molar-refractivity contribution is 6.24. The van der Waals surface area contributed by atoms with Gasteiger partial charge in [-0.25, -0.2) is 0 Å².